The van der Waals surface area contributed by atoms with Gasteiger partial charge < -0.3 is 11.1 Å². The SMILES string of the molecule is NC1CCC(Nc2ccc(Cl)c3ncccc23)CC1. The fourth-order valence-corrected chi connectivity index (χ4v) is 2.96. The van der Waals surface area contributed by atoms with Crippen molar-refractivity contribution in [3.05, 3.63) is 35.5 Å². The van der Waals surface area contributed by atoms with Crippen molar-refractivity contribution in [2.45, 2.75) is 37.8 Å². The average molecular weight is 276 g/mol. The summed E-state index contributed by atoms with van der Waals surface area (Å²) < 4.78 is 0. The number of pyridine rings is 1. The van der Waals surface area contributed by atoms with E-state index in [-0.39, 0.29) is 0 Å². The van der Waals surface area contributed by atoms with Gasteiger partial charge in [-0.1, -0.05) is 11.6 Å². The van der Waals surface area contributed by atoms with E-state index >= 15 is 0 Å². The van der Waals surface area contributed by atoms with Gasteiger partial charge in [-0.25, -0.2) is 0 Å². The summed E-state index contributed by atoms with van der Waals surface area (Å²) in [6, 6.07) is 8.84. The van der Waals surface area contributed by atoms with E-state index in [9.17, 15) is 0 Å². The molecule has 1 aliphatic rings. The minimum absolute atomic E-state index is 0.377. The van der Waals surface area contributed by atoms with Gasteiger partial charge in [-0.3, -0.25) is 4.98 Å². The number of anilines is 1. The Bertz CT molecular complexity index is 577. The van der Waals surface area contributed by atoms with E-state index in [1.54, 1.807) is 6.20 Å². The van der Waals surface area contributed by atoms with Crippen molar-refractivity contribution in [2.75, 3.05) is 5.32 Å². The van der Waals surface area contributed by atoms with Crippen LogP contribution in [0.4, 0.5) is 5.69 Å². The molecule has 0 spiro atoms. The topological polar surface area (TPSA) is 50.9 Å². The van der Waals surface area contributed by atoms with Crippen LogP contribution in [0, 0.1) is 0 Å². The Labute approximate surface area is 118 Å². The van der Waals surface area contributed by atoms with E-state index in [1.807, 2.05) is 18.2 Å². The maximum absolute atomic E-state index is 6.18. The molecule has 1 saturated carbocycles. The molecule has 2 aromatic rings. The fraction of sp³-hybridized carbons (Fsp3) is 0.400. The van der Waals surface area contributed by atoms with Crippen molar-refractivity contribution >= 4 is 28.2 Å². The van der Waals surface area contributed by atoms with E-state index in [2.05, 4.69) is 16.4 Å². The molecule has 19 heavy (non-hydrogen) atoms. The number of nitrogens with one attached hydrogen (secondary N) is 1. The highest BCUT2D eigenvalue weighted by molar-refractivity contribution is 6.35. The second-order valence-corrected chi connectivity index (χ2v) is 5.66. The third kappa shape index (κ3) is 2.67. The van der Waals surface area contributed by atoms with E-state index in [0.29, 0.717) is 17.1 Å². The molecule has 3 N–H and O–H groups in total. The summed E-state index contributed by atoms with van der Waals surface area (Å²) in [5.74, 6) is 0. The van der Waals surface area contributed by atoms with Gasteiger partial charge in [0.15, 0.2) is 0 Å². The molecule has 3 nitrogen and oxygen atoms in total. The van der Waals surface area contributed by atoms with Gasteiger partial charge in [-0.05, 0) is 49.9 Å². The number of aromatic nitrogens is 1. The Morgan fingerprint density at radius 2 is 1.95 bits per heavy atom. The van der Waals surface area contributed by atoms with Crippen LogP contribution in [0.3, 0.4) is 0 Å². The minimum Gasteiger partial charge on any atom is -0.382 e. The number of nitrogens with zero attached hydrogens (tertiary/aromatic N) is 1. The molecular weight excluding hydrogens is 258 g/mol. The van der Waals surface area contributed by atoms with Crippen LogP contribution in [-0.4, -0.2) is 17.1 Å². The van der Waals surface area contributed by atoms with E-state index in [0.717, 1.165) is 42.3 Å². The first-order chi connectivity index (χ1) is 9.24. The summed E-state index contributed by atoms with van der Waals surface area (Å²) in [5, 5.41) is 5.41. The molecule has 1 fully saturated rings. The van der Waals surface area contributed by atoms with Crippen LogP contribution in [0.25, 0.3) is 10.9 Å². The zero-order chi connectivity index (χ0) is 13.2. The van der Waals surface area contributed by atoms with Crippen molar-refractivity contribution in [3.63, 3.8) is 0 Å². The molecule has 0 amide bonds. The van der Waals surface area contributed by atoms with Crippen molar-refractivity contribution in [1.82, 2.24) is 4.98 Å². The quantitative estimate of drug-likeness (QED) is 0.881. The van der Waals surface area contributed by atoms with E-state index < -0.39 is 0 Å². The molecule has 3 rings (SSSR count). The Morgan fingerprint density at radius 3 is 2.74 bits per heavy atom. The predicted octanol–water partition coefficient (Wildman–Crippen LogP) is 3.57. The first-order valence-electron chi connectivity index (χ1n) is 6.79. The summed E-state index contributed by atoms with van der Waals surface area (Å²) in [5.41, 5.74) is 7.93. The lowest BCUT2D eigenvalue weighted by Crippen LogP contribution is -2.32. The van der Waals surface area contributed by atoms with Gasteiger partial charge in [0.1, 0.15) is 0 Å². The number of benzene rings is 1. The Balaban J connectivity index is 1.87. The average Bonchev–Trinajstić information content (AvgIpc) is 2.45. The second kappa shape index (κ2) is 5.35. The number of nitrogens with two attached hydrogens (primary N) is 1. The Morgan fingerprint density at radius 1 is 1.16 bits per heavy atom. The van der Waals surface area contributed by atoms with Crippen LogP contribution in [0.15, 0.2) is 30.5 Å². The molecular formula is C15H18ClN3. The number of hydrogen-bond donors (Lipinski definition) is 2. The molecule has 100 valence electrons. The van der Waals surface area contributed by atoms with Gasteiger partial charge in [0.25, 0.3) is 0 Å². The van der Waals surface area contributed by atoms with Gasteiger partial charge in [0.05, 0.1) is 10.5 Å². The number of rotatable bonds is 2. The monoisotopic (exact) mass is 275 g/mol. The van der Waals surface area contributed by atoms with Crippen LogP contribution < -0.4 is 11.1 Å². The lowest BCUT2D eigenvalue weighted by Gasteiger charge is -2.28. The number of halogens is 1. The molecule has 0 bridgehead atoms. The van der Waals surface area contributed by atoms with Crippen molar-refractivity contribution in [1.29, 1.82) is 0 Å². The molecule has 0 aliphatic heterocycles. The predicted molar refractivity (Wildman–Crippen MR) is 80.6 cm³/mol. The maximum atomic E-state index is 6.18. The van der Waals surface area contributed by atoms with Crippen LogP contribution in [0.2, 0.25) is 5.02 Å². The summed E-state index contributed by atoms with van der Waals surface area (Å²) in [4.78, 5) is 4.35. The summed E-state index contributed by atoms with van der Waals surface area (Å²) in [6.45, 7) is 0. The third-order valence-electron chi connectivity index (χ3n) is 3.85. The van der Waals surface area contributed by atoms with Gasteiger partial charge in [0, 0.05) is 29.4 Å². The highest BCUT2D eigenvalue weighted by Gasteiger charge is 2.19. The van der Waals surface area contributed by atoms with Crippen LogP contribution in [0.5, 0.6) is 0 Å². The summed E-state index contributed by atoms with van der Waals surface area (Å²) in [7, 11) is 0. The zero-order valence-electron chi connectivity index (χ0n) is 10.8. The fourth-order valence-electron chi connectivity index (χ4n) is 2.75. The molecule has 1 heterocycles. The van der Waals surface area contributed by atoms with Gasteiger partial charge in [-0.2, -0.15) is 0 Å². The third-order valence-corrected chi connectivity index (χ3v) is 4.16. The van der Waals surface area contributed by atoms with Crippen LogP contribution in [0.1, 0.15) is 25.7 Å². The Hall–Kier alpha value is -1.32. The largest absolute Gasteiger partial charge is 0.382 e. The highest BCUT2D eigenvalue weighted by atomic mass is 35.5. The van der Waals surface area contributed by atoms with E-state index in [4.69, 9.17) is 17.3 Å². The van der Waals surface area contributed by atoms with Crippen LogP contribution in [-0.2, 0) is 0 Å². The summed E-state index contributed by atoms with van der Waals surface area (Å²) in [6.07, 6.45) is 6.23. The molecule has 4 heteroatoms. The van der Waals surface area contributed by atoms with Crippen molar-refractivity contribution in [3.8, 4) is 0 Å². The van der Waals surface area contributed by atoms with Crippen LogP contribution >= 0.6 is 11.6 Å². The first-order valence-corrected chi connectivity index (χ1v) is 7.17. The molecule has 0 saturated heterocycles. The molecule has 0 unspecified atom stereocenters. The summed E-state index contributed by atoms with van der Waals surface area (Å²) >= 11 is 6.18. The molecule has 1 aromatic carbocycles. The lowest BCUT2D eigenvalue weighted by molar-refractivity contribution is 0.411. The molecule has 1 aliphatic carbocycles. The van der Waals surface area contributed by atoms with Crippen molar-refractivity contribution < 1.29 is 0 Å². The second-order valence-electron chi connectivity index (χ2n) is 5.25. The number of hydrogen-bond acceptors (Lipinski definition) is 3. The maximum Gasteiger partial charge on any atom is 0.0908 e. The normalized spacial score (nSPS) is 23.5. The van der Waals surface area contributed by atoms with Gasteiger partial charge in [0.2, 0.25) is 0 Å². The molecule has 0 atom stereocenters. The lowest BCUT2D eigenvalue weighted by atomic mass is 9.91. The number of fused-ring (bicyclic) bond motifs is 1. The van der Waals surface area contributed by atoms with E-state index in [1.165, 1.54) is 0 Å². The van der Waals surface area contributed by atoms with Gasteiger partial charge in [-0.15, -0.1) is 0 Å². The minimum atomic E-state index is 0.377. The molecule has 0 radical (unpaired) electrons. The highest BCUT2D eigenvalue weighted by Crippen LogP contribution is 2.30. The Kier molecular flexibility index (Phi) is 3.58. The smallest absolute Gasteiger partial charge is 0.0908 e. The molecule has 1 aromatic heterocycles. The first kappa shape index (κ1) is 12.7. The van der Waals surface area contributed by atoms with Gasteiger partial charge >= 0.3 is 0 Å². The standard InChI is InChI=1S/C15H18ClN3/c16-13-7-8-14(12-2-1-9-18-15(12)13)19-11-5-3-10(17)4-6-11/h1-2,7-11,19H,3-6,17H2. The zero-order valence-corrected chi connectivity index (χ0v) is 11.5. The van der Waals surface area contributed by atoms with Crippen molar-refractivity contribution in [2.24, 2.45) is 5.73 Å².